The SMILES string of the molecule is COc1cc(Cc2cnc(N)nc2N)c2c(c1OC)O[C@@H](C1CC1)C=C2. The Balaban J connectivity index is 1.78. The van der Waals surface area contributed by atoms with Crippen molar-refractivity contribution in [2.75, 3.05) is 25.7 Å². The Morgan fingerprint density at radius 3 is 2.65 bits per heavy atom. The molecule has 0 amide bonds. The second-order valence-corrected chi connectivity index (χ2v) is 6.61. The number of nitrogen functional groups attached to an aromatic ring is 2. The number of methoxy groups -OCH3 is 2. The topological polar surface area (TPSA) is 106 Å². The first-order valence-electron chi connectivity index (χ1n) is 8.60. The van der Waals surface area contributed by atoms with Gasteiger partial charge in [0.2, 0.25) is 11.7 Å². The summed E-state index contributed by atoms with van der Waals surface area (Å²) >= 11 is 0. The minimum Gasteiger partial charge on any atom is -0.493 e. The first kappa shape index (κ1) is 16.5. The van der Waals surface area contributed by atoms with E-state index >= 15 is 0 Å². The zero-order chi connectivity index (χ0) is 18.3. The van der Waals surface area contributed by atoms with Crippen LogP contribution in [0.5, 0.6) is 17.2 Å². The smallest absolute Gasteiger partial charge is 0.221 e. The van der Waals surface area contributed by atoms with Gasteiger partial charge in [0, 0.05) is 23.7 Å². The van der Waals surface area contributed by atoms with E-state index in [9.17, 15) is 0 Å². The third kappa shape index (κ3) is 2.89. The maximum atomic E-state index is 6.27. The van der Waals surface area contributed by atoms with E-state index in [-0.39, 0.29) is 12.1 Å². The number of rotatable bonds is 5. The standard InChI is InChI=1S/C19H22N4O3/c1-24-15-8-11(7-12-9-22-19(21)23-18(12)20)13-5-6-14(10-3-4-10)26-16(13)17(15)25-2/h5-6,8-10,14H,3-4,7H2,1-2H3,(H4,20,21,22,23)/t14-/m1/s1. The zero-order valence-electron chi connectivity index (χ0n) is 14.9. The Morgan fingerprint density at radius 1 is 1.19 bits per heavy atom. The molecule has 1 aromatic carbocycles. The summed E-state index contributed by atoms with van der Waals surface area (Å²) in [6.07, 6.45) is 8.90. The van der Waals surface area contributed by atoms with Crippen LogP contribution < -0.4 is 25.7 Å². The van der Waals surface area contributed by atoms with Gasteiger partial charge in [0.25, 0.3) is 0 Å². The molecule has 4 rings (SSSR count). The van der Waals surface area contributed by atoms with Crippen LogP contribution in [-0.2, 0) is 6.42 Å². The summed E-state index contributed by atoms with van der Waals surface area (Å²) in [6.45, 7) is 0. The molecule has 2 heterocycles. The fourth-order valence-corrected chi connectivity index (χ4v) is 3.29. The first-order valence-corrected chi connectivity index (χ1v) is 8.60. The van der Waals surface area contributed by atoms with Gasteiger partial charge in [-0.25, -0.2) is 4.98 Å². The third-order valence-electron chi connectivity index (χ3n) is 4.84. The Hall–Kier alpha value is -2.96. The van der Waals surface area contributed by atoms with Crippen LogP contribution in [0.25, 0.3) is 6.08 Å². The van der Waals surface area contributed by atoms with E-state index in [2.05, 4.69) is 22.1 Å². The van der Waals surface area contributed by atoms with Crippen molar-refractivity contribution in [3.8, 4) is 17.2 Å². The molecular weight excluding hydrogens is 332 g/mol. The first-order chi connectivity index (χ1) is 12.6. The normalized spacial score (nSPS) is 18.2. The second-order valence-electron chi connectivity index (χ2n) is 6.61. The highest BCUT2D eigenvalue weighted by Crippen LogP contribution is 2.48. The van der Waals surface area contributed by atoms with Gasteiger partial charge in [-0.3, -0.25) is 0 Å². The molecule has 0 radical (unpaired) electrons. The van der Waals surface area contributed by atoms with Gasteiger partial charge < -0.3 is 25.7 Å². The Bertz CT molecular complexity index is 878. The lowest BCUT2D eigenvalue weighted by Crippen LogP contribution is -2.20. The van der Waals surface area contributed by atoms with Crippen LogP contribution in [0, 0.1) is 5.92 Å². The molecule has 1 aliphatic carbocycles. The number of aromatic nitrogens is 2. The average molecular weight is 354 g/mol. The maximum Gasteiger partial charge on any atom is 0.221 e. The molecule has 0 bridgehead atoms. The molecule has 2 aromatic rings. The number of benzene rings is 1. The molecule has 7 nitrogen and oxygen atoms in total. The van der Waals surface area contributed by atoms with Gasteiger partial charge in [0.1, 0.15) is 11.9 Å². The van der Waals surface area contributed by atoms with Crippen LogP contribution in [0.15, 0.2) is 18.3 Å². The van der Waals surface area contributed by atoms with Crippen LogP contribution in [0.2, 0.25) is 0 Å². The molecule has 1 aliphatic heterocycles. The van der Waals surface area contributed by atoms with E-state index in [4.69, 9.17) is 25.7 Å². The van der Waals surface area contributed by atoms with Crippen molar-refractivity contribution in [1.29, 1.82) is 0 Å². The summed E-state index contributed by atoms with van der Waals surface area (Å²) in [6, 6.07) is 1.94. The monoisotopic (exact) mass is 354 g/mol. The Kier molecular flexibility index (Phi) is 4.06. The number of hydrogen-bond donors (Lipinski definition) is 2. The lowest BCUT2D eigenvalue weighted by Gasteiger charge is -2.26. The number of hydrogen-bond acceptors (Lipinski definition) is 7. The molecule has 1 fully saturated rings. The second kappa shape index (κ2) is 6.40. The molecule has 0 spiro atoms. The highest BCUT2D eigenvalue weighted by Gasteiger charge is 2.35. The Morgan fingerprint density at radius 2 is 2.00 bits per heavy atom. The summed E-state index contributed by atoms with van der Waals surface area (Å²) in [5.74, 6) is 3.08. The summed E-state index contributed by atoms with van der Waals surface area (Å²) in [5, 5.41) is 0. The number of anilines is 2. The van der Waals surface area contributed by atoms with Crippen LogP contribution in [0.1, 0.15) is 29.5 Å². The Labute approximate surface area is 152 Å². The van der Waals surface area contributed by atoms with Crippen molar-refractivity contribution in [2.24, 2.45) is 5.92 Å². The van der Waals surface area contributed by atoms with Gasteiger partial charge in [0.15, 0.2) is 11.5 Å². The fourth-order valence-electron chi connectivity index (χ4n) is 3.29. The highest BCUT2D eigenvalue weighted by atomic mass is 16.5. The minimum absolute atomic E-state index is 0.0845. The van der Waals surface area contributed by atoms with E-state index in [1.54, 1.807) is 20.4 Å². The third-order valence-corrected chi connectivity index (χ3v) is 4.84. The predicted molar refractivity (Wildman–Crippen MR) is 99.4 cm³/mol. The average Bonchev–Trinajstić information content (AvgIpc) is 3.48. The summed E-state index contributed by atoms with van der Waals surface area (Å²) in [4.78, 5) is 8.09. The fraction of sp³-hybridized carbons (Fsp3) is 0.368. The molecule has 4 N–H and O–H groups in total. The number of ether oxygens (including phenoxy) is 3. The quantitative estimate of drug-likeness (QED) is 0.849. The van der Waals surface area contributed by atoms with Crippen LogP contribution in [0.3, 0.4) is 0 Å². The van der Waals surface area contributed by atoms with Gasteiger partial charge in [-0.05, 0) is 36.5 Å². The summed E-state index contributed by atoms with van der Waals surface area (Å²) < 4.78 is 17.4. The van der Waals surface area contributed by atoms with Gasteiger partial charge >= 0.3 is 0 Å². The number of fused-ring (bicyclic) bond motifs is 1. The van der Waals surface area contributed by atoms with E-state index in [1.807, 2.05) is 6.07 Å². The lowest BCUT2D eigenvalue weighted by molar-refractivity contribution is 0.209. The molecular formula is C19H22N4O3. The van der Waals surface area contributed by atoms with E-state index in [1.165, 1.54) is 12.8 Å². The molecule has 7 heteroatoms. The molecule has 2 aliphatic rings. The molecule has 0 saturated heterocycles. The van der Waals surface area contributed by atoms with Crippen LogP contribution in [0.4, 0.5) is 11.8 Å². The predicted octanol–water partition coefficient (Wildman–Crippen LogP) is 2.43. The summed E-state index contributed by atoms with van der Waals surface area (Å²) in [7, 11) is 3.24. The highest BCUT2D eigenvalue weighted by molar-refractivity contribution is 5.72. The van der Waals surface area contributed by atoms with Gasteiger partial charge in [-0.1, -0.05) is 6.08 Å². The van der Waals surface area contributed by atoms with Gasteiger partial charge in [-0.2, -0.15) is 4.98 Å². The van der Waals surface area contributed by atoms with Crippen LogP contribution in [-0.4, -0.2) is 30.3 Å². The van der Waals surface area contributed by atoms with Gasteiger partial charge in [-0.15, -0.1) is 0 Å². The van der Waals surface area contributed by atoms with Crippen molar-refractivity contribution in [3.63, 3.8) is 0 Å². The zero-order valence-corrected chi connectivity index (χ0v) is 14.9. The molecule has 1 saturated carbocycles. The molecule has 1 atom stereocenters. The largest absolute Gasteiger partial charge is 0.493 e. The number of nitrogens with two attached hydrogens (primary N) is 2. The van der Waals surface area contributed by atoms with Crippen molar-refractivity contribution in [3.05, 3.63) is 35.0 Å². The van der Waals surface area contributed by atoms with E-state index < -0.39 is 0 Å². The molecule has 1 aromatic heterocycles. The van der Waals surface area contributed by atoms with E-state index in [0.717, 1.165) is 22.4 Å². The van der Waals surface area contributed by atoms with E-state index in [0.29, 0.717) is 29.7 Å². The minimum atomic E-state index is 0.0845. The van der Waals surface area contributed by atoms with Crippen molar-refractivity contribution in [1.82, 2.24) is 9.97 Å². The summed E-state index contributed by atoms with van der Waals surface area (Å²) in [5.41, 5.74) is 14.4. The number of nitrogens with zero attached hydrogens (tertiary/aromatic N) is 2. The lowest BCUT2D eigenvalue weighted by atomic mass is 9.96. The van der Waals surface area contributed by atoms with Gasteiger partial charge in [0.05, 0.1) is 14.2 Å². The van der Waals surface area contributed by atoms with Crippen molar-refractivity contribution >= 4 is 17.8 Å². The van der Waals surface area contributed by atoms with Crippen molar-refractivity contribution < 1.29 is 14.2 Å². The molecule has 0 unspecified atom stereocenters. The molecule has 26 heavy (non-hydrogen) atoms. The van der Waals surface area contributed by atoms with Crippen LogP contribution >= 0.6 is 0 Å². The maximum absolute atomic E-state index is 6.27. The van der Waals surface area contributed by atoms with Crippen molar-refractivity contribution in [2.45, 2.75) is 25.4 Å². The molecule has 136 valence electrons.